The van der Waals surface area contributed by atoms with E-state index in [9.17, 15) is 0 Å². The molecule has 0 aliphatic heterocycles. The van der Waals surface area contributed by atoms with Crippen LogP contribution in [0.3, 0.4) is 0 Å². The summed E-state index contributed by atoms with van der Waals surface area (Å²) >= 11 is 1.77. The first kappa shape index (κ1) is 9.00. The largest absolute Gasteiger partial charge is 0.359 e. The van der Waals surface area contributed by atoms with Gasteiger partial charge in [-0.2, -0.15) is 0 Å². The van der Waals surface area contributed by atoms with Crippen LogP contribution in [0.25, 0.3) is 0 Å². The van der Waals surface area contributed by atoms with Crippen LogP contribution >= 0.6 is 11.3 Å². The van der Waals surface area contributed by atoms with E-state index in [2.05, 4.69) is 31.1 Å². The predicted molar refractivity (Wildman–Crippen MR) is 57.4 cm³/mol. The summed E-state index contributed by atoms with van der Waals surface area (Å²) in [5.41, 5.74) is 1.16. The van der Waals surface area contributed by atoms with Gasteiger partial charge >= 0.3 is 0 Å². The van der Waals surface area contributed by atoms with Crippen molar-refractivity contribution in [1.82, 2.24) is 4.98 Å². The first-order chi connectivity index (χ1) is 6.16. The van der Waals surface area contributed by atoms with Crippen molar-refractivity contribution in [3.8, 4) is 0 Å². The summed E-state index contributed by atoms with van der Waals surface area (Å²) in [5.74, 6) is 0.893. The average Bonchev–Trinajstić information content (AvgIpc) is 2.81. The Bertz CT molecular complexity index is 282. The second kappa shape index (κ2) is 3.29. The maximum atomic E-state index is 4.47. The SMILES string of the molecule is Cc1nc(NC(C)C2CC2)sc1C. The fourth-order valence-electron chi connectivity index (χ4n) is 1.44. The Balaban J connectivity index is 2.00. The van der Waals surface area contributed by atoms with Crippen molar-refractivity contribution < 1.29 is 0 Å². The van der Waals surface area contributed by atoms with Crippen molar-refractivity contribution in [3.63, 3.8) is 0 Å². The first-order valence-corrected chi connectivity index (χ1v) is 5.69. The number of aryl methyl sites for hydroxylation is 2. The Kier molecular flexibility index (Phi) is 2.28. The molecule has 2 rings (SSSR count). The van der Waals surface area contributed by atoms with Crippen molar-refractivity contribution in [1.29, 1.82) is 0 Å². The lowest BCUT2D eigenvalue weighted by Crippen LogP contribution is -2.16. The summed E-state index contributed by atoms with van der Waals surface area (Å²) in [4.78, 5) is 5.79. The standard InChI is InChI=1S/C10H16N2S/c1-6-8(3)13-10(11-6)12-7(2)9-4-5-9/h7,9H,4-5H2,1-3H3,(H,11,12). The summed E-state index contributed by atoms with van der Waals surface area (Å²) in [6.45, 7) is 6.45. The van der Waals surface area contributed by atoms with E-state index >= 15 is 0 Å². The molecule has 1 heterocycles. The Morgan fingerprint density at radius 2 is 2.15 bits per heavy atom. The van der Waals surface area contributed by atoms with Gasteiger partial charge in [0, 0.05) is 10.9 Å². The highest BCUT2D eigenvalue weighted by atomic mass is 32.1. The molecule has 1 aliphatic rings. The van der Waals surface area contributed by atoms with Crippen LogP contribution in [0.15, 0.2) is 0 Å². The van der Waals surface area contributed by atoms with Gasteiger partial charge in [0.25, 0.3) is 0 Å². The molecule has 3 heteroatoms. The van der Waals surface area contributed by atoms with Crippen LogP contribution in [-0.4, -0.2) is 11.0 Å². The lowest BCUT2D eigenvalue weighted by Gasteiger charge is -2.10. The molecule has 0 amide bonds. The number of nitrogens with zero attached hydrogens (tertiary/aromatic N) is 1. The molecule has 0 spiro atoms. The van der Waals surface area contributed by atoms with Gasteiger partial charge in [-0.3, -0.25) is 0 Å². The molecule has 0 radical (unpaired) electrons. The fraction of sp³-hybridized carbons (Fsp3) is 0.700. The van der Waals surface area contributed by atoms with Crippen molar-refractivity contribution in [3.05, 3.63) is 10.6 Å². The Morgan fingerprint density at radius 3 is 2.62 bits per heavy atom. The van der Waals surface area contributed by atoms with Crippen molar-refractivity contribution >= 4 is 16.5 Å². The molecular formula is C10H16N2S. The topological polar surface area (TPSA) is 24.9 Å². The Morgan fingerprint density at radius 1 is 1.46 bits per heavy atom. The van der Waals surface area contributed by atoms with E-state index in [0.29, 0.717) is 6.04 Å². The number of thiazole rings is 1. The predicted octanol–water partition coefficient (Wildman–Crippen LogP) is 2.97. The lowest BCUT2D eigenvalue weighted by atomic mass is 10.2. The van der Waals surface area contributed by atoms with E-state index in [0.717, 1.165) is 16.7 Å². The number of aromatic nitrogens is 1. The molecule has 72 valence electrons. The molecule has 1 N–H and O–H groups in total. The van der Waals surface area contributed by atoms with Crippen molar-refractivity contribution in [2.45, 2.75) is 39.7 Å². The monoisotopic (exact) mass is 196 g/mol. The van der Waals surface area contributed by atoms with Gasteiger partial charge in [0.15, 0.2) is 5.13 Å². The van der Waals surface area contributed by atoms with Crippen LogP contribution in [0.4, 0.5) is 5.13 Å². The van der Waals surface area contributed by atoms with Crippen LogP contribution < -0.4 is 5.32 Å². The third-order valence-electron chi connectivity index (χ3n) is 2.71. The quantitative estimate of drug-likeness (QED) is 0.804. The molecule has 1 fully saturated rings. The molecule has 0 aromatic carbocycles. The minimum atomic E-state index is 0.602. The maximum absolute atomic E-state index is 4.47. The molecular weight excluding hydrogens is 180 g/mol. The lowest BCUT2D eigenvalue weighted by molar-refractivity contribution is 0.693. The Hall–Kier alpha value is -0.570. The zero-order valence-electron chi connectivity index (χ0n) is 8.42. The third-order valence-corrected chi connectivity index (χ3v) is 3.71. The van der Waals surface area contributed by atoms with Crippen LogP contribution in [0.1, 0.15) is 30.3 Å². The molecule has 0 bridgehead atoms. The van der Waals surface area contributed by atoms with Gasteiger partial charge in [-0.05, 0) is 39.5 Å². The maximum Gasteiger partial charge on any atom is 0.183 e. The van der Waals surface area contributed by atoms with Crippen molar-refractivity contribution in [2.24, 2.45) is 5.92 Å². The summed E-state index contributed by atoms with van der Waals surface area (Å²) in [6.07, 6.45) is 2.77. The Labute approximate surface area is 83.4 Å². The summed E-state index contributed by atoms with van der Waals surface area (Å²) in [6, 6.07) is 0.602. The van der Waals surface area contributed by atoms with E-state index in [1.54, 1.807) is 11.3 Å². The minimum absolute atomic E-state index is 0.602. The highest BCUT2D eigenvalue weighted by Gasteiger charge is 2.28. The fourth-order valence-corrected chi connectivity index (χ4v) is 2.35. The number of rotatable bonds is 3. The third kappa shape index (κ3) is 2.02. The number of hydrogen-bond donors (Lipinski definition) is 1. The van der Waals surface area contributed by atoms with Crippen LogP contribution in [-0.2, 0) is 0 Å². The summed E-state index contributed by atoms with van der Waals surface area (Å²) in [5, 5.41) is 4.56. The second-order valence-corrected chi connectivity index (χ2v) is 5.13. The van der Waals surface area contributed by atoms with Crippen LogP contribution in [0.2, 0.25) is 0 Å². The molecule has 1 aromatic heterocycles. The van der Waals surface area contributed by atoms with Gasteiger partial charge in [-0.1, -0.05) is 0 Å². The number of hydrogen-bond acceptors (Lipinski definition) is 3. The molecule has 2 nitrogen and oxygen atoms in total. The van der Waals surface area contributed by atoms with Gasteiger partial charge in [-0.25, -0.2) is 4.98 Å². The number of nitrogens with one attached hydrogen (secondary N) is 1. The smallest absolute Gasteiger partial charge is 0.183 e. The zero-order valence-corrected chi connectivity index (χ0v) is 9.24. The molecule has 1 unspecified atom stereocenters. The van der Waals surface area contributed by atoms with E-state index in [-0.39, 0.29) is 0 Å². The first-order valence-electron chi connectivity index (χ1n) is 4.87. The summed E-state index contributed by atoms with van der Waals surface area (Å²) < 4.78 is 0. The molecule has 1 aliphatic carbocycles. The van der Waals surface area contributed by atoms with Crippen LogP contribution in [0.5, 0.6) is 0 Å². The molecule has 0 saturated heterocycles. The summed E-state index contributed by atoms with van der Waals surface area (Å²) in [7, 11) is 0. The number of anilines is 1. The van der Waals surface area contributed by atoms with E-state index in [1.807, 2.05) is 0 Å². The molecule has 1 aromatic rings. The van der Waals surface area contributed by atoms with Gasteiger partial charge in [-0.15, -0.1) is 11.3 Å². The van der Waals surface area contributed by atoms with Crippen LogP contribution in [0, 0.1) is 19.8 Å². The normalized spacial score (nSPS) is 18.7. The van der Waals surface area contributed by atoms with E-state index in [1.165, 1.54) is 17.7 Å². The van der Waals surface area contributed by atoms with Crippen molar-refractivity contribution in [2.75, 3.05) is 5.32 Å². The van der Waals surface area contributed by atoms with Gasteiger partial charge in [0.1, 0.15) is 0 Å². The second-order valence-electron chi connectivity index (χ2n) is 3.93. The highest BCUT2D eigenvalue weighted by Crippen LogP contribution is 2.34. The van der Waals surface area contributed by atoms with E-state index in [4.69, 9.17) is 0 Å². The minimum Gasteiger partial charge on any atom is -0.359 e. The molecule has 13 heavy (non-hydrogen) atoms. The molecule has 1 saturated carbocycles. The van der Waals surface area contributed by atoms with Gasteiger partial charge < -0.3 is 5.32 Å². The van der Waals surface area contributed by atoms with Gasteiger partial charge in [0.2, 0.25) is 0 Å². The van der Waals surface area contributed by atoms with E-state index < -0.39 is 0 Å². The van der Waals surface area contributed by atoms with Gasteiger partial charge in [0.05, 0.1) is 5.69 Å². The molecule has 1 atom stereocenters. The highest BCUT2D eigenvalue weighted by molar-refractivity contribution is 7.15. The average molecular weight is 196 g/mol. The zero-order chi connectivity index (χ0) is 9.42.